The lowest BCUT2D eigenvalue weighted by molar-refractivity contribution is -0.137. The van der Waals surface area contributed by atoms with E-state index < -0.39 is 5.97 Å². The molecule has 1 rings (SSSR count). The maximum atomic E-state index is 11.8. The number of rotatable bonds is 4. The van der Waals surface area contributed by atoms with Crippen LogP contribution in [0.4, 0.5) is 4.79 Å². The van der Waals surface area contributed by atoms with Crippen LogP contribution < -0.4 is 5.32 Å². The highest BCUT2D eigenvalue weighted by molar-refractivity contribution is 7.99. The number of carboxylic acid groups (broad SMARTS) is 1. The zero-order valence-electron chi connectivity index (χ0n) is 10.1. The second-order valence-corrected chi connectivity index (χ2v) is 5.57. The number of carbonyl (C=O) groups excluding carboxylic acids is 1. The number of thioether (sulfide) groups is 1. The van der Waals surface area contributed by atoms with Gasteiger partial charge in [-0.25, -0.2) is 4.79 Å². The molecule has 98 valence electrons. The Balaban J connectivity index is 2.25. The molecule has 1 heterocycles. The fourth-order valence-corrected chi connectivity index (χ4v) is 2.58. The first-order valence-electron chi connectivity index (χ1n) is 5.92. The van der Waals surface area contributed by atoms with Crippen molar-refractivity contribution in [3.63, 3.8) is 0 Å². The molecule has 0 aromatic heterocycles. The zero-order chi connectivity index (χ0) is 12.7. The summed E-state index contributed by atoms with van der Waals surface area (Å²) >= 11 is 1.87. The third-order valence-corrected chi connectivity index (χ3v) is 3.68. The van der Waals surface area contributed by atoms with E-state index >= 15 is 0 Å². The first kappa shape index (κ1) is 14.2. The van der Waals surface area contributed by atoms with E-state index in [1.807, 2.05) is 23.6 Å². The molecule has 1 unspecified atom stereocenters. The number of amides is 2. The van der Waals surface area contributed by atoms with Gasteiger partial charge in [0.25, 0.3) is 0 Å². The first-order chi connectivity index (χ1) is 8.09. The Bertz CT molecular complexity index is 265. The molecule has 6 heteroatoms. The average Bonchev–Trinajstić information content (AvgIpc) is 2.53. The van der Waals surface area contributed by atoms with E-state index in [0.29, 0.717) is 6.54 Å². The number of hydrogen-bond acceptors (Lipinski definition) is 3. The van der Waals surface area contributed by atoms with Crippen molar-refractivity contribution in [1.82, 2.24) is 10.2 Å². The summed E-state index contributed by atoms with van der Waals surface area (Å²) in [4.78, 5) is 24.1. The van der Waals surface area contributed by atoms with Crippen LogP contribution in [0.25, 0.3) is 0 Å². The molecule has 0 aliphatic carbocycles. The number of aliphatic carboxylic acids is 1. The summed E-state index contributed by atoms with van der Waals surface area (Å²) in [5.74, 6) is 1.24. The molecule has 2 amide bonds. The van der Waals surface area contributed by atoms with Crippen LogP contribution >= 0.6 is 11.8 Å². The molecule has 17 heavy (non-hydrogen) atoms. The average molecular weight is 260 g/mol. The molecule has 2 N–H and O–H groups in total. The van der Waals surface area contributed by atoms with Crippen LogP contribution in [-0.4, -0.2) is 53.1 Å². The van der Waals surface area contributed by atoms with Gasteiger partial charge in [0.05, 0.1) is 0 Å². The van der Waals surface area contributed by atoms with Crippen LogP contribution in [0.3, 0.4) is 0 Å². The van der Waals surface area contributed by atoms with Crippen molar-refractivity contribution < 1.29 is 14.7 Å². The molecule has 1 fully saturated rings. The molecule has 0 aromatic carbocycles. The fraction of sp³-hybridized carbons (Fsp3) is 0.818. The molecule has 0 radical (unpaired) electrons. The van der Waals surface area contributed by atoms with E-state index in [4.69, 9.17) is 5.11 Å². The largest absolute Gasteiger partial charge is 0.481 e. The van der Waals surface area contributed by atoms with E-state index in [2.05, 4.69) is 5.32 Å². The van der Waals surface area contributed by atoms with Gasteiger partial charge >= 0.3 is 12.0 Å². The lowest BCUT2D eigenvalue weighted by Gasteiger charge is -2.21. The van der Waals surface area contributed by atoms with Gasteiger partial charge in [0.1, 0.15) is 0 Å². The molecular formula is C11H20N2O3S. The van der Waals surface area contributed by atoms with Crippen molar-refractivity contribution >= 4 is 23.8 Å². The molecule has 1 aliphatic heterocycles. The van der Waals surface area contributed by atoms with Gasteiger partial charge in [-0.05, 0) is 18.1 Å². The molecule has 1 atom stereocenters. The van der Waals surface area contributed by atoms with Crippen molar-refractivity contribution in [3.8, 4) is 0 Å². The smallest absolute Gasteiger partial charge is 0.317 e. The zero-order valence-corrected chi connectivity index (χ0v) is 11.0. The molecule has 0 aromatic rings. The number of carbonyl (C=O) groups is 2. The maximum absolute atomic E-state index is 11.8. The Hall–Kier alpha value is -0.910. The second kappa shape index (κ2) is 7.42. The summed E-state index contributed by atoms with van der Waals surface area (Å²) < 4.78 is 0. The number of nitrogens with one attached hydrogen (secondary N) is 1. The Morgan fingerprint density at radius 3 is 2.88 bits per heavy atom. The van der Waals surface area contributed by atoms with Crippen molar-refractivity contribution in [2.24, 2.45) is 5.92 Å². The molecule has 0 saturated carbocycles. The quantitative estimate of drug-likeness (QED) is 0.798. The van der Waals surface area contributed by atoms with Gasteiger partial charge in [0.15, 0.2) is 0 Å². The Labute approximate surface area is 106 Å². The van der Waals surface area contributed by atoms with Gasteiger partial charge in [-0.3, -0.25) is 4.79 Å². The minimum atomic E-state index is -0.821. The SMILES string of the molecule is CC(CNC(=O)N1CCCSCC1)CC(=O)O. The summed E-state index contributed by atoms with van der Waals surface area (Å²) in [5.41, 5.74) is 0. The highest BCUT2D eigenvalue weighted by Gasteiger charge is 2.16. The summed E-state index contributed by atoms with van der Waals surface area (Å²) in [6, 6.07) is -0.0651. The molecule has 0 spiro atoms. The monoisotopic (exact) mass is 260 g/mol. The van der Waals surface area contributed by atoms with E-state index in [1.165, 1.54) is 0 Å². The summed E-state index contributed by atoms with van der Waals surface area (Å²) in [5, 5.41) is 11.4. The lowest BCUT2D eigenvalue weighted by Crippen LogP contribution is -2.42. The molecular weight excluding hydrogens is 240 g/mol. The Kier molecular flexibility index (Phi) is 6.18. The lowest BCUT2D eigenvalue weighted by atomic mass is 10.1. The van der Waals surface area contributed by atoms with Crippen molar-refractivity contribution in [2.75, 3.05) is 31.1 Å². The molecule has 0 bridgehead atoms. The van der Waals surface area contributed by atoms with E-state index in [-0.39, 0.29) is 18.4 Å². The van der Waals surface area contributed by atoms with Gasteiger partial charge in [-0.15, -0.1) is 0 Å². The van der Waals surface area contributed by atoms with E-state index in [1.54, 1.807) is 0 Å². The molecule has 1 aliphatic rings. The first-order valence-corrected chi connectivity index (χ1v) is 7.07. The van der Waals surface area contributed by atoms with Gasteiger partial charge in [-0.2, -0.15) is 11.8 Å². The van der Waals surface area contributed by atoms with Crippen LogP contribution in [-0.2, 0) is 4.79 Å². The third-order valence-electron chi connectivity index (χ3n) is 2.63. The normalized spacial score (nSPS) is 18.3. The maximum Gasteiger partial charge on any atom is 0.317 e. The number of nitrogens with zero attached hydrogens (tertiary/aromatic N) is 1. The molecule has 5 nitrogen and oxygen atoms in total. The topological polar surface area (TPSA) is 69.6 Å². The van der Waals surface area contributed by atoms with Gasteiger partial charge < -0.3 is 15.3 Å². The Morgan fingerprint density at radius 2 is 2.18 bits per heavy atom. The van der Waals surface area contributed by atoms with Crippen molar-refractivity contribution in [3.05, 3.63) is 0 Å². The predicted molar refractivity (Wildman–Crippen MR) is 68.3 cm³/mol. The minimum Gasteiger partial charge on any atom is -0.481 e. The summed E-state index contributed by atoms with van der Waals surface area (Å²) in [6.45, 7) is 3.83. The van der Waals surface area contributed by atoms with E-state index in [0.717, 1.165) is 31.0 Å². The highest BCUT2D eigenvalue weighted by atomic mass is 32.2. The fourth-order valence-electron chi connectivity index (χ4n) is 1.69. The third kappa shape index (κ3) is 5.81. The van der Waals surface area contributed by atoms with Crippen LogP contribution in [0.15, 0.2) is 0 Å². The van der Waals surface area contributed by atoms with Crippen LogP contribution in [0.5, 0.6) is 0 Å². The number of carboxylic acids is 1. The van der Waals surface area contributed by atoms with Gasteiger partial charge in [0, 0.05) is 31.8 Å². The van der Waals surface area contributed by atoms with Crippen LogP contribution in [0.1, 0.15) is 19.8 Å². The summed E-state index contributed by atoms with van der Waals surface area (Å²) in [6.07, 6.45) is 1.12. The van der Waals surface area contributed by atoms with Gasteiger partial charge in [-0.1, -0.05) is 6.92 Å². The summed E-state index contributed by atoms with van der Waals surface area (Å²) in [7, 11) is 0. The van der Waals surface area contributed by atoms with E-state index in [9.17, 15) is 9.59 Å². The van der Waals surface area contributed by atoms with Gasteiger partial charge in [0.2, 0.25) is 0 Å². The Morgan fingerprint density at radius 1 is 1.41 bits per heavy atom. The highest BCUT2D eigenvalue weighted by Crippen LogP contribution is 2.10. The number of hydrogen-bond donors (Lipinski definition) is 2. The standard InChI is InChI=1S/C11H20N2O3S/c1-9(7-10(14)15)8-12-11(16)13-3-2-5-17-6-4-13/h9H,2-8H2,1H3,(H,12,16)(H,14,15). The van der Waals surface area contributed by atoms with Crippen LogP contribution in [0, 0.1) is 5.92 Å². The van der Waals surface area contributed by atoms with Crippen molar-refractivity contribution in [1.29, 1.82) is 0 Å². The minimum absolute atomic E-state index is 0.0298. The molecule has 1 saturated heterocycles. The van der Waals surface area contributed by atoms with Crippen molar-refractivity contribution in [2.45, 2.75) is 19.8 Å². The number of urea groups is 1. The predicted octanol–water partition coefficient (Wildman–Crippen LogP) is 1.25. The second-order valence-electron chi connectivity index (χ2n) is 4.34. The van der Waals surface area contributed by atoms with Crippen LogP contribution in [0.2, 0.25) is 0 Å².